The Balaban J connectivity index is 4.15. The Morgan fingerprint density at radius 1 is 1.43 bits per heavy atom. The Kier molecular flexibility index (Phi) is 6.46. The summed E-state index contributed by atoms with van der Waals surface area (Å²) in [6.45, 7) is 6.01. The number of unbranched alkanes of at least 4 members (excludes halogenated alkanes) is 2. The van der Waals surface area contributed by atoms with Crippen LogP contribution in [0.2, 0.25) is 0 Å². The predicted molar refractivity (Wildman–Crippen MR) is 59.3 cm³/mol. The van der Waals surface area contributed by atoms with Gasteiger partial charge in [-0.25, -0.2) is 0 Å². The molecule has 0 unspecified atom stereocenters. The Labute approximate surface area is 87.3 Å². The molecule has 0 bridgehead atoms. The van der Waals surface area contributed by atoms with Crippen molar-refractivity contribution in [2.24, 2.45) is 5.92 Å². The average molecular weight is 198 g/mol. The number of ether oxygens (including phenoxy) is 1. The van der Waals surface area contributed by atoms with Crippen LogP contribution in [0.25, 0.3) is 0 Å². The van der Waals surface area contributed by atoms with E-state index in [4.69, 9.17) is 4.74 Å². The van der Waals surface area contributed by atoms with Gasteiger partial charge in [0.1, 0.15) is 6.29 Å². The van der Waals surface area contributed by atoms with Gasteiger partial charge in [-0.1, -0.05) is 31.9 Å². The van der Waals surface area contributed by atoms with Crippen molar-refractivity contribution in [3.63, 3.8) is 0 Å². The van der Waals surface area contributed by atoms with Crippen LogP contribution in [0.3, 0.4) is 0 Å². The van der Waals surface area contributed by atoms with Gasteiger partial charge in [-0.05, 0) is 20.3 Å². The van der Waals surface area contributed by atoms with Crippen LogP contribution in [0, 0.1) is 5.92 Å². The molecule has 0 spiro atoms. The van der Waals surface area contributed by atoms with Crippen molar-refractivity contribution < 1.29 is 9.53 Å². The predicted octanol–water partition coefficient (Wildman–Crippen LogP) is 2.97. The molecule has 1 atom stereocenters. The van der Waals surface area contributed by atoms with E-state index < -0.39 is 5.60 Å². The largest absolute Gasteiger partial charge is 0.378 e. The van der Waals surface area contributed by atoms with E-state index in [0.717, 1.165) is 12.7 Å². The van der Waals surface area contributed by atoms with E-state index in [1.807, 2.05) is 19.9 Å². The monoisotopic (exact) mass is 198 g/mol. The molecule has 0 N–H and O–H groups in total. The van der Waals surface area contributed by atoms with E-state index in [1.165, 1.54) is 12.8 Å². The highest BCUT2D eigenvalue weighted by Gasteiger charge is 2.26. The van der Waals surface area contributed by atoms with Crippen molar-refractivity contribution in [1.82, 2.24) is 0 Å². The molecule has 0 rings (SSSR count). The SMILES string of the molecule is CCCC/C=C/[C@@H](C=O)C(C)(C)OC. The third-order valence-corrected chi connectivity index (χ3v) is 2.54. The zero-order valence-corrected chi connectivity index (χ0v) is 9.75. The highest BCUT2D eigenvalue weighted by molar-refractivity contribution is 5.58. The maximum absolute atomic E-state index is 10.8. The number of hydrogen-bond donors (Lipinski definition) is 0. The minimum atomic E-state index is -0.398. The van der Waals surface area contributed by atoms with Crippen LogP contribution in [-0.2, 0) is 9.53 Å². The second-order valence-corrected chi connectivity index (χ2v) is 4.04. The molecule has 0 amide bonds. The minimum Gasteiger partial charge on any atom is -0.378 e. The van der Waals surface area contributed by atoms with Crippen LogP contribution in [-0.4, -0.2) is 19.0 Å². The fourth-order valence-electron chi connectivity index (χ4n) is 1.14. The van der Waals surface area contributed by atoms with Crippen molar-refractivity contribution in [2.75, 3.05) is 7.11 Å². The molecule has 82 valence electrons. The van der Waals surface area contributed by atoms with Gasteiger partial charge >= 0.3 is 0 Å². The topological polar surface area (TPSA) is 26.3 Å². The maximum atomic E-state index is 10.8. The normalized spacial score (nSPS) is 14.6. The van der Waals surface area contributed by atoms with Gasteiger partial charge in [0.05, 0.1) is 11.5 Å². The second kappa shape index (κ2) is 6.77. The maximum Gasteiger partial charge on any atom is 0.129 e. The number of carbonyl (C=O) groups is 1. The first-order valence-corrected chi connectivity index (χ1v) is 5.25. The summed E-state index contributed by atoms with van der Waals surface area (Å²) >= 11 is 0. The lowest BCUT2D eigenvalue weighted by Gasteiger charge is -2.26. The van der Waals surface area contributed by atoms with E-state index >= 15 is 0 Å². The molecule has 0 fully saturated rings. The average Bonchev–Trinajstić information content (AvgIpc) is 2.17. The molecule has 0 aromatic rings. The fourth-order valence-corrected chi connectivity index (χ4v) is 1.14. The third kappa shape index (κ3) is 4.56. The summed E-state index contributed by atoms with van der Waals surface area (Å²) in [5.74, 6) is -0.149. The quantitative estimate of drug-likeness (QED) is 0.357. The standard InChI is InChI=1S/C12H22O2/c1-5-6-7-8-9-11(10-13)12(2,3)14-4/h8-11H,5-7H2,1-4H3/b9-8+/t11-/m0/s1. The number of rotatable bonds is 7. The molecule has 0 saturated carbocycles. The lowest BCUT2D eigenvalue weighted by atomic mass is 9.91. The van der Waals surface area contributed by atoms with Gasteiger partial charge in [0.15, 0.2) is 0 Å². The molecule has 0 radical (unpaired) electrons. The van der Waals surface area contributed by atoms with Crippen molar-refractivity contribution >= 4 is 6.29 Å². The van der Waals surface area contributed by atoms with Crippen LogP contribution >= 0.6 is 0 Å². The summed E-state index contributed by atoms with van der Waals surface area (Å²) < 4.78 is 5.27. The van der Waals surface area contributed by atoms with Crippen molar-refractivity contribution in [1.29, 1.82) is 0 Å². The Bertz CT molecular complexity index is 183. The number of aldehydes is 1. The van der Waals surface area contributed by atoms with Gasteiger partial charge in [0.2, 0.25) is 0 Å². The summed E-state index contributed by atoms with van der Waals surface area (Å²) in [4.78, 5) is 10.8. The molecular formula is C12H22O2. The second-order valence-electron chi connectivity index (χ2n) is 4.04. The first-order valence-electron chi connectivity index (χ1n) is 5.25. The van der Waals surface area contributed by atoms with E-state index in [2.05, 4.69) is 13.0 Å². The van der Waals surface area contributed by atoms with Crippen LogP contribution in [0.15, 0.2) is 12.2 Å². The molecule has 0 aromatic carbocycles. The molecule has 0 aromatic heterocycles. The fraction of sp³-hybridized carbons (Fsp3) is 0.750. The minimum absolute atomic E-state index is 0.149. The molecule has 2 nitrogen and oxygen atoms in total. The molecule has 0 aliphatic carbocycles. The highest BCUT2D eigenvalue weighted by Crippen LogP contribution is 2.20. The smallest absolute Gasteiger partial charge is 0.129 e. The Hall–Kier alpha value is -0.630. The lowest BCUT2D eigenvalue weighted by molar-refractivity contribution is -0.117. The lowest BCUT2D eigenvalue weighted by Crippen LogP contribution is -2.33. The van der Waals surface area contributed by atoms with Crippen molar-refractivity contribution in [3.8, 4) is 0 Å². The van der Waals surface area contributed by atoms with Gasteiger partial charge in [0.25, 0.3) is 0 Å². The van der Waals surface area contributed by atoms with Crippen LogP contribution in [0.4, 0.5) is 0 Å². The number of hydrogen-bond acceptors (Lipinski definition) is 2. The molecule has 0 saturated heterocycles. The summed E-state index contributed by atoms with van der Waals surface area (Å²) in [6, 6.07) is 0. The van der Waals surface area contributed by atoms with Crippen LogP contribution in [0.5, 0.6) is 0 Å². The van der Waals surface area contributed by atoms with Crippen LogP contribution in [0.1, 0.15) is 40.0 Å². The van der Waals surface area contributed by atoms with E-state index in [0.29, 0.717) is 0 Å². The molecule has 0 aliphatic heterocycles. The van der Waals surface area contributed by atoms with E-state index in [-0.39, 0.29) is 5.92 Å². The van der Waals surface area contributed by atoms with Gasteiger partial charge in [-0.15, -0.1) is 0 Å². The highest BCUT2D eigenvalue weighted by atomic mass is 16.5. The van der Waals surface area contributed by atoms with Crippen molar-refractivity contribution in [2.45, 2.75) is 45.6 Å². The van der Waals surface area contributed by atoms with Crippen molar-refractivity contribution in [3.05, 3.63) is 12.2 Å². The van der Waals surface area contributed by atoms with Gasteiger partial charge < -0.3 is 9.53 Å². The number of carbonyl (C=O) groups excluding carboxylic acids is 1. The summed E-state index contributed by atoms with van der Waals surface area (Å²) in [5, 5.41) is 0. The van der Waals surface area contributed by atoms with Gasteiger partial charge in [-0.2, -0.15) is 0 Å². The van der Waals surface area contributed by atoms with Gasteiger partial charge in [0, 0.05) is 7.11 Å². The first kappa shape index (κ1) is 13.4. The third-order valence-electron chi connectivity index (χ3n) is 2.54. The van der Waals surface area contributed by atoms with Gasteiger partial charge in [-0.3, -0.25) is 0 Å². The van der Waals surface area contributed by atoms with E-state index in [9.17, 15) is 4.79 Å². The molecule has 2 heteroatoms. The first-order chi connectivity index (χ1) is 6.58. The number of allylic oxidation sites excluding steroid dienone is 1. The Morgan fingerprint density at radius 2 is 2.07 bits per heavy atom. The summed E-state index contributed by atoms with van der Waals surface area (Å²) in [7, 11) is 1.64. The molecule has 0 aliphatic rings. The van der Waals surface area contributed by atoms with E-state index in [1.54, 1.807) is 7.11 Å². The zero-order valence-electron chi connectivity index (χ0n) is 9.75. The van der Waals surface area contributed by atoms with Crippen LogP contribution < -0.4 is 0 Å². The summed E-state index contributed by atoms with van der Waals surface area (Å²) in [6.07, 6.45) is 8.38. The molecular weight excluding hydrogens is 176 g/mol. The number of methoxy groups -OCH3 is 1. The molecule has 0 heterocycles. The zero-order chi connectivity index (χ0) is 11.0. The molecule has 14 heavy (non-hydrogen) atoms. The summed E-state index contributed by atoms with van der Waals surface area (Å²) in [5.41, 5.74) is -0.398. The Morgan fingerprint density at radius 3 is 2.50 bits per heavy atom.